The largest absolute Gasteiger partial charge is 0.416 e. The van der Waals surface area contributed by atoms with Gasteiger partial charge in [-0.1, -0.05) is 18.2 Å². The van der Waals surface area contributed by atoms with E-state index in [4.69, 9.17) is 0 Å². The highest BCUT2D eigenvalue weighted by Gasteiger charge is 2.29. The molecule has 0 heterocycles. The van der Waals surface area contributed by atoms with Crippen LogP contribution in [0, 0.1) is 5.82 Å². The molecule has 2 N–H and O–H groups in total. The highest BCUT2D eigenvalue weighted by molar-refractivity contribution is 5.79. The van der Waals surface area contributed by atoms with Gasteiger partial charge in [0.2, 0.25) is 0 Å². The number of aliphatic imine (C=N–C) groups is 1. The summed E-state index contributed by atoms with van der Waals surface area (Å²) in [4.78, 5) is 6.03. The van der Waals surface area contributed by atoms with Crippen LogP contribution in [0.4, 0.5) is 17.6 Å². The van der Waals surface area contributed by atoms with E-state index >= 15 is 0 Å². The number of nitrogens with one attached hydrogen (secondary N) is 2. The van der Waals surface area contributed by atoms with Crippen molar-refractivity contribution in [2.24, 2.45) is 4.99 Å². The van der Waals surface area contributed by atoms with Crippen molar-refractivity contribution in [2.75, 3.05) is 27.7 Å². The van der Waals surface area contributed by atoms with Gasteiger partial charge in [0.1, 0.15) is 5.82 Å². The Morgan fingerprint density at radius 2 is 1.66 bits per heavy atom. The molecule has 0 atom stereocenters. The van der Waals surface area contributed by atoms with Crippen LogP contribution in [-0.4, -0.2) is 38.5 Å². The second-order valence-corrected chi connectivity index (χ2v) is 6.96. The second-order valence-electron chi connectivity index (χ2n) is 6.96. The van der Waals surface area contributed by atoms with E-state index in [1.54, 1.807) is 13.1 Å². The molecule has 0 spiro atoms. The van der Waals surface area contributed by atoms with Gasteiger partial charge >= 0.3 is 6.18 Å². The van der Waals surface area contributed by atoms with Crippen LogP contribution in [-0.2, 0) is 25.7 Å². The predicted molar refractivity (Wildman–Crippen MR) is 107 cm³/mol. The van der Waals surface area contributed by atoms with Crippen molar-refractivity contribution in [1.82, 2.24) is 15.5 Å². The van der Waals surface area contributed by atoms with E-state index in [9.17, 15) is 17.6 Å². The van der Waals surface area contributed by atoms with Gasteiger partial charge < -0.3 is 15.5 Å². The van der Waals surface area contributed by atoms with Crippen molar-refractivity contribution < 1.29 is 17.6 Å². The van der Waals surface area contributed by atoms with Crippen LogP contribution in [0.1, 0.15) is 22.3 Å². The summed E-state index contributed by atoms with van der Waals surface area (Å²) < 4.78 is 51.7. The Kier molecular flexibility index (Phi) is 8.01. The van der Waals surface area contributed by atoms with Gasteiger partial charge in [-0.2, -0.15) is 13.2 Å². The molecule has 4 nitrogen and oxygen atoms in total. The number of rotatable bonds is 7. The summed E-state index contributed by atoms with van der Waals surface area (Å²) >= 11 is 0. The summed E-state index contributed by atoms with van der Waals surface area (Å²) in [5.74, 6) is 0.330. The zero-order chi connectivity index (χ0) is 21.4. The van der Waals surface area contributed by atoms with Crippen LogP contribution in [0.15, 0.2) is 47.5 Å². The van der Waals surface area contributed by atoms with Gasteiger partial charge in [0, 0.05) is 32.2 Å². The lowest BCUT2D eigenvalue weighted by Crippen LogP contribution is -2.37. The van der Waals surface area contributed by atoms with Gasteiger partial charge in [-0.25, -0.2) is 4.39 Å². The Bertz CT molecular complexity index is 814. The molecule has 0 aliphatic carbocycles. The molecular formula is C21H26F4N4. The quantitative estimate of drug-likeness (QED) is 0.414. The summed E-state index contributed by atoms with van der Waals surface area (Å²) in [6, 6.07) is 10.1. The standard InChI is InChI=1S/C21H26F4N4/c1-26-20(27-11-10-15-4-7-18(8-5-15)21(23,24)25)28-13-16-6-9-19(22)17(12-16)14-29(2)3/h4-9,12H,10-11,13-14H2,1-3H3,(H2,26,27,28). The monoisotopic (exact) mass is 410 g/mol. The lowest BCUT2D eigenvalue weighted by atomic mass is 10.1. The molecule has 2 aromatic carbocycles. The van der Waals surface area contributed by atoms with E-state index in [0.717, 1.165) is 23.3 Å². The predicted octanol–water partition coefficient (Wildman–Crippen LogP) is 3.81. The normalized spacial score (nSPS) is 12.3. The average Bonchev–Trinajstić information content (AvgIpc) is 2.66. The maximum absolute atomic E-state index is 13.9. The fourth-order valence-corrected chi connectivity index (χ4v) is 2.79. The maximum atomic E-state index is 13.9. The van der Waals surface area contributed by atoms with E-state index < -0.39 is 11.7 Å². The number of hydrogen-bond acceptors (Lipinski definition) is 2. The molecule has 0 fully saturated rings. The zero-order valence-corrected chi connectivity index (χ0v) is 16.8. The highest BCUT2D eigenvalue weighted by Crippen LogP contribution is 2.29. The molecule has 0 aliphatic rings. The van der Waals surface area contributed by atoms with Gasteiger partial charge in [-0.15, -0.1) is 0 Å². The van der Waals surface area contributed by atoms with Crippen molar-refractivity contribution >= 4 is 5.96 Å². The molecule has 29 heavy (non-hydrogen) atoms. The summed E-state index contributed by atoms with van der Waals surface area (Å²) in [6.45, 7) is 1.50. The van der Waals surface area contributed by atoms with Crippen LogP contribution in [0.2, 0.25) is 0 Å². The van der Waals surface area contributed by atoms with Crippen LogP contribution >= 0.6 is 0 Å². The van der Waals surface area contributed by atoms with Crippen LogP contribution < -0.4 is 10.6 Å². The molecule has 0 amide bonds. The molecular weight excluding hydrogens is 384 g/mol. The van der Waals surface area contributed by atoms with Crippen molar-refractivity contribution in [3.05, 3.63) is 70.5 Å². The lowest BCUT2D eigenvalue weighted by molar-refractivity contribution is -0.137. The first-order chi connectivity index (χ1) is 13.7. The number of alkyl halides is 3. The first kappa shape index (κ1) is 22.7. The van der Waals surface area contributed by atoms with Gasteiger partial charge in [0.05, 0.1) is 5.56 Å². The molecule has 158 valence electrons. The smallest absolute Gasteiger partial charge is 0.356 e. The van der Waals surface area contributed by atoms with Crippen molar-refractivity contribution in [3.63, 3.8) is 0 Å². The number of nitrogens with zero attached hydrogens (tertiary/aromatic N) is 2. The van der Waals surface area contributed by atoms with E-state index in [-0.39, 0.29) is 5.82 Å². The van der Waals surface area contributed by atoms with Crippen molar-refractivity contribution in [3.8, 4) is 0 Å². The van der Waals surface area contributed by atoms with Gasteiger partial charge in [0.25, 0.3) is 0 Å². The minimum Gasteiger partial charge on any atom is -0.356 e. The summed E-state index contributed by atoms with van der Waals surface area (Å²) in [6.07, 6.45) is -3.77. The number of hydrogen-bond donors (Lipinski definition) is 2. The zero-order valence-electron chi connectivity index (χ0n) is 16.8. The molecule has 0 unspecified atom stereocenters. The van der Waals surface area contributed by atoms with E-state index in [0.29, 0.717) is 37.6 Å². The minimum atomic E-state index is -4.32. The van der Waals surface area contributed by atoms with Gasteiger partial charge in [-0.05, 0) is 55.9 Å². The molecule has 0 aromatic heterocycles. The minimum absolute atomic E-state index is 0.235. The molecule has 8 heteroatoms. The fraction of sp³-hybridized carbons (Fsp3) is 0.381. The fourth-order valence-electron chi connectivity index (χ4n) is 2.79. The summed E-state index contributed by atoms with van der Waals surface area (Å²) in [5.41, 5.74) is 1.70. The Balaban J connectivity index is 1.84. The molecule has 0 radical (unpaired) electrons. The first-order valence-electron chi connectivity index (χ1n) is 9.21. The summed E-state index contributed by atoms with van der Waals surface area (Å²) in [7, 11) is 5.40. The van der Waals surface area contributed by atoms with Gasteiger partial charge in [0.15, 0.2) is 5.96 Å². The molecule has 0 aliphatic heterocycles. The molecule has 2 aromatic rings. The van der Waals surface area contributed by atoms with Crippen molar-refractivity contribution in [2.45, 2.75) is 25.7 Å². The van der Waals surface area contributed by atoms with E-state index in [1.165, 1.54) is 18.2 Å². The van der Waals surface area contributed by atoms with Crippen LogP contribution in [0.25, 0.3) is 0 Å². The van der Waals surface area contributed by atoms with E-state index in [1.807, 2.05) is 25.1 Å². The SMILES string of the molecule is CN=C(NCCc1ccc(C(F)(F)F)cc1)NCc1ccc(F)c(CN(C)C)c1. The average molecular weight is 410 g/mol. The third-order valence-electron chi connectivity index (χ3n) is 4.27. The number of halogens is 4. The maximum Gasteiger partial charge on any atom is 0.416 e. The second kappa shape index (κ2) is 10.2. The third-order valence-corrected chi connectivity index (χ3v) is 4.27. The number of guanidine groups is 1. The van der Waals surface area contributed by atoms with Crippen LogP contribution in [0.3, 0.4) is 0 Å². The van der Waals surface area contributed by atoms with E-state index in [2.05, 4.69) is 15.6 Å². The first-order valence-corrected chi connectivity index (χ1v) is 9.21. The van der Waals surface area contributed by atoms with Crippen LogP contribution in [0.5, 0.6) is 0 Å². The highest BCUT2D eigenvalue weighted by atomic mass is 19.4. The topological polar surface area (TPSA) is 39.7 Å². The molecule has 0 saturated carbocycles. The molecule has 0 saturated heterocycles. The Labute approximate surface area is 168 Å². The lowest BCUT2D eigenvalue weighted by Gasteiger charge is -2.14. The Morgan fingerprint density at radius 1 is 1.00 bits per heavy atom. The molecule has 0 bridgehead atoms. The third kappa shape index (κ3) is 7.38. The molecule has 2 rings (SSSR count). The Hall–Kier alpha value is -2.61. The number of benzene rings is 2. The van der Waals surface area contributed by atoms with Gasteiger partial charge in [-0.3, -0.25) is 4.99 Å². The summed E-state index contributed by atoms with van der Waals surface area (Å²) in [5, 5.41) is 6.28. The van der Waals surface area contributed by atoms with Crippen molar-refractivity contribution in [1.29, 1.82) is 0 Å². The Morgan fingerprint density at radius 3 is 2.24 bits per heavy atom.